The summed E-state index contributed by atoms with van der Waals surface area (Å²) >= 11 is 0. The predicted octanol–water partition coefficient (Wildman–Crippen LogP) is 2.18. The Labute approximate surface area is 105 Å². The largest absolute Gasteiger partial charge is 0.496 e. The van der Waals surface area contributed by atoms with Crippen molar-refractivity contribution in [2.75, 3.05) is 27.2 Å². The molecule has 3 nitrogen and oxygen atoms in total. The van der Waals surface area contributed by atoms with Gasteiger partial charge in [-0.3, -0.25) is 0 Å². The molecule has 0 saturated heterocycles. The monoisotopic (exact) mass is 236 g/mol. The van der Waals surface area contributed by atoms with Crippen LogP contribution in [0.15, 0.2) is 12.1 Å². The van der Waals surface area contributed by atoms with Crippen LogP contribution in [-0.2, 0) is 0 Å². The minimum Gasteiger partial charge on any atom is -0.496 e. The van der Waals surface area contributed by atoms with Gasteiger partial charge in [0.05, 0.1) is 7.11 Å². The highest BCUT2D eigenvalue weighted by atomic mass is 16.5. The van der Waals surface area contributed by atoms with Crippen molar-refractivity contribution < 1.29 is 4.74 Å². The first-order valence-electron chi connectivity index (χ1n) is 6.17. The molecule has 3 heteroatoms. The lowest BCUT2D eigenvalue weighted by Gasteiger charge is -2.21. The molecular weight excluding hydrogens is 212 g/mol. The average Bonchev–Trinajstić information content (AvgIpc) is 2.35. The maximum absolute atomic E-state index is 5.34. The molecule has 1 aromatic rings. The summed E-state index contributed by atoms with van der Waals surface area (Å²) in [5.74, 6) is 0.963. The third-order valence-corrected chi connectivity index (χ3v) is 3.32. The molecule has 0 aliphatic heterocycles. The second kappa shape index (κ2) is 6.62. The standard InChI is InChI=1S/C14H24N2O/c1-6-16-9-13(15-4)12-7-8-14(17-5)11(3)10(12)2/h7-8,13,15-16H,6,9H2,1-5H3. The Bertz CT molecular complexity index is 363. The maximum Gasteiger partial charge on any atom is 0.122 e. The number of hydrogen-bond acceptors (Lipinski definition) is 3. The van der Waals surface area contributed by atoms with Gasteiger partial charge in [-0.05, 0) is 50.2 Å². The minimum atomic E-state index is 0.347. The number of methoxy groups -OCH3 is 1. The number of benzene rings is 1. The summed E-state index contributed by atoms with van der Waals surface area (Å²) in [5, 5.41) is 6.73. The van der Waals surface area contributed by atoms with E-state index in [1.807, 2.05) is 13.1 Å². The summed E-state index contributed by atoms with van der Waals surface area (Å²) < 4.78 is 5.34. The molecule has 0 aliphatic carbocycles. The molecule has 2 N–H and O–H groups in total. The highest BCUT2D eigenvalue weighted by Gasteiger charge is 2.14. The quantitative estimate of drug-likeness (QED) is 0.794. The van der Waals surface area contributed by atoms with E-state index in [-0.39, 0.29) is 0 Å². The zero-order chi connectivity index (χ0) is 12.8. The fraction of sp³-hybridized carbons (Fsp3) is 0.571. The van der Waals surface area contributed by atoms with Gasteiger partial charge in [0.1, 0.15) is 5.75 Å². The molecule has 1 unspecified atom stereocenters. The highest BCUT2D eigenvalue weighted by molar-refractivity contribution is 5.44. The summed E-state index contributed by atoms with van der Waals surface area (Å²) in [7, 11) is 3.72. The highest BCUT2D eigenvalue weighted by Crippen LogP contribution is 2.27. The molecule has 0 spiro atoms. The molecule has 0 radical (unpaired) electrons. The zero-order valence-corrected chi connectivity index (χ0v) is 11.6. The van der Waals surface area contributed by atoms with Crippen LogP contribution >= 0.6 is 0 Å². The summed E-state index contributed by atoms with van der Waals surface area (Å²) in [6, 6.07) is 4.55. The first-order chi connectivity index (χ1) is 8.15. The molecule has 1 aromatic carbocycles. The Morgan fingerprint density at radius 2 is 1.94 bits per heavy atom. The molecule has 17 heavy (non-hydrogen) atoms. The van der Waals surface area contributed by atoms with E-state index in [1.54, 1.807) is 7.11 Å². The Balaban J connectivity index is 3.00. The van der Waals surface area contributed by atoms with Crippen molar-refractivity contribution in [3.05, 3.63) is 28.8 Å². The summed E-state index contributed by atoms with van der Waals surface area (Å²) in [5.41, 5.74) is 3.87. The Morgan fingerprint density at radius 3 is 2.47 bits per heavy atom. The lowest BCUT2D eigenvalue weighted by atomic mass is 9.96. The average molecular weight is 236 g/mol. The minimum absolute atomic E-state index is 0.347. The van der Waals surface area contributed by atoms with Crippen LogP contribution in [0.2, 0.25) is 0 Å². The third-order valence-electron chi connectivity index (χ3n) is 3.32. The molecule has 1 rings (SSSR count). The molecule has 0 heterocycles. The van der Waals surface area contributed by atoms with Crippen LogP contribution in [0, 0.1) is 13.8 Å². The van der Waals surface area contributed by atoms with Crippen molar-refractivity contribution in [1.29, 1.82) is 0 Å². The van der Waals surface area contributed by atoms with Gasteiger partial charge < -0.3 is 15.4 Å². The number of likely N-dealkylation sites (N-methyl/N-ethyl adjacent to an activating group) is 2. The summed E-state index contributed by atoms with van der Waals surface area (Å²) in [4.78, 5) is 0. The molecule has 0 aliphatic rings. The normalized spacial score (nSPS) is 12.5. The fourth-order valence-corrected chi connectivity index (χ4v) is 2.07. The van der Waals surface area contributed by atoms with Crippen molar-refractivity contribution >= 4 is 0 Å². The topological polar surface area (TPSA) is 33.3 Å². The van der Waals surface area contributed by atoms with Gasteiger partial charge >= 0.3 is 0 Å². The SMILES string of the molecule is CCNCC(NC)c1ccc(OC)c(C)c1C. The van der Waals surface area contributed by atoms with Crippen LogP contribution in [0.1, 0.15) is 29.7 Å². The van der Waals surface area contributed by atoms with Crippen molar-refractivity contribution in [2.24, 2.45) is 0 Å². The molecule has 0 saturated carbocycles. The van der Waals surface area contributed by atoms with E-state index in [9.17, 15) is 0 Å². The fourth-order valence-electron chi connectivity index (χ4n) is 2.07. The van der Waals surface area contributed by atoms with Crippen molar-refractivity contribution in [3.8, 4) is 5.75 Å². The van der Waals surface area contributed by atoms with Gasteiger partial charge in [0.25, 0.3) is 0 Å². The Hall–Kier alpha value is -1.06. The van der Waals surface area contributed by atoms with E-state index in [0.29, 0.717) is 6.04 Å². The Kier molecular flexibility index (Phi) is 5.45. The van der Waals surface area contributed by atoms with E-state index in [0.717, 1.165) is 18.8 Å². The van der Waals surface area contributed by atoms with Gasteiger partial charge in [0, 0.05) is 12.6 Å². The zero-order valence-electron chi connectivity index (χ0n) is 11.6. The molecular formula is C14H24N2O. The molecule has 0 aromatic heterocycles. The molecule has 1 atom stereocenters. The van der Waals surface area contributed by atoms with Crippen LogP contribution < -0.4 is 15.4 Å². The van der Waals surface area contributed by atoms with E-state index in [4.69, 9.17) is 4.74 Å². The number of hydrogen-bond donors (Lipinski definition) is 2. The van der Waals surface area contributed by atoms with Crippen LogP contribution in [-0.4, -0.2) is 27.2 Å². The van der Waals surface area contributed by atoms with Crippen LogP contribution in [0.3, 0.4) is 0 Å². The summed E-state index contributed by atoms with van der Waals surface area (Å²) in [6.07, 6.45) is 0. The lowest BCUT2D eigenvalue weighted by molar-refractivity contribution is 0.410. The van der Waals surface area contributed by atoms with Crippen LogP contribution in [0.25, 0.3) is 0 Å². The second-order valence-corrected chi connectivity index (χ2v) is 4.26. The Morgan fingerprint density at radius 1 is 1.24 bits per heavy atom. The van der Waals surface area contributed by atoms with Crippen molar-refractivity contribution in [2.45, 2.75) is 26.8 Å². The van der Waals surface area contributed by atoms with E-state index in [1.165, 1.54) is 16.7 Å². The molecule has 0 fully saturated rings. The predicted molar refractivity (Wildman–Crippen MR) is 72.8 cm³/mol. The maximum atomic E-state index is 5.34. The molecule has 0 bridgehead atoms. The third kappa shape index (κ3) is 3.20. The van der Waals surface area contributed by atoms with Gasteiger partial charge in [-0.25, -0.2) is 0 Å². The summed E-state index contributed by atoms with van der Waals surface area (Å²) in [6.45, 7) is 8.33. The van der Waals surface area contributed by atoms with Gasteiger partial charge in [0.2, 0.25) is 0 Å². The van der Waals surface area contributed by atoms with Crippen LogP contribution in [0.5, 0.6) is 5.75 Å². The number of ether oxygens (including phenoxy) is 1. The van der Waals surface area contributed by atoms with Crippen LogP contribution in [0.4, 0.5) is 0 Å². The number of nitrogens with one attached hydrogen (secondary N) is 2. The molecule has 96 valence electrons. The van der Waals surface area contributed by atoms with Gasteiger partial charge in [-0.2, -0.15) is 0 Å². The van der Waals surface area contributed by atoms with E-state index >= 15 is 0 Å². The second-order valence-electron chi connectivity index (χ2n) is 4.26. The molecule has 0 amide bonds. The van der Waals surface area contributed by atoms with Crippen molar-refractivity contribution in [1.82, 2.24) is 10.6 Å². The lowest BCUT2D eigenvalue weighted by Crippen LogP contribution is -2.30. The van der Waals surface area contributed by atoms with E-state index in [2.05, 4.69) is 37.5 Å². The number of rotatable bonds is 6. The first kappa shape index (κ1) is 14.0. The van der Waals surface area contributed by atoms with Gasteiger partial charge in [-0.1, -0.05) is 13.0 Å². The smallest absolute Gasteiger partial charge is 0.122 e. The first-order valence-corrected chi connectivity index (χ1v) is 6.17. The van der Waals surface area contributed by atoms with Gasteiger partial charge in [0.15, 0.2) is 0 Å². The van der Waals surface area contributed by atoms with Crippen molar-refractivity contribution in [3.63, 3.8) is 0 Å². The van der Waals surface area contributed by atoms with E-state index < -0.39 is 0 Å². The van der Waals surface area contributed by atoms with Gasteiger partial charge in [-0.15, -0.1) is 0 Å².